The Bertz CT molecular complexity index is 1250. The van der Waals surface area contributed by atoms with Crippen LogP contribution in [0.3, 0.4) is 0 Å². The van der Waals surface area contributed by atoms with E-state index in [2.05, 4.69) is 26.6 Å². The largest absolute Gasteiger partial charge is 0.490 e. The highest BCUT2D eigenvalue weighted by molar-refractivity contribution is 9.10. The van der Waals surface area contributed by atoms with Crippen molar-refractivity contribution in [2.75, 3.05) is 23.8 Å². The van der Waals surface area contributed by atoms with E-state index >= 15 is 0 Å². The van der Waals surface area contributed by atoms with Crippen LogP contribution in [0.4, 0.5) is 11.4 Å². The molecule has 3 rings (SSSR count). The van der Waals surface area contributed by atoms with Gasteiger partial charge in [-0.05, 0) is 67.9 Å². The van der Waals surface area contributed by atoms with Crippen LogP contribution in [0.15, 0.2) is 70.0 Å². The number of hydrogen-bond donors (Lipinski definition) is 3. The molecule has 0 saturated heterocycles. The average Bonchev–Trinajstić information content (AvgIpc) is 2.79. The Labute approximate surface area is 207 Å². The third-order valence-electron chi connectivity index (χ3n) is 4.77. The highest BCUT2D eigenvalue weighted by Gasteiger charge is 2.13. The molecule has 34 heavy (non-hydrogen) atoms. The topological polar surface area (TPSA) is 120 Å². The smallest absolute Gasteiger partial charge is 0.262 e. The Morgan fingerprint density at radius 2 is 1.59 bits per heavy atom. The van der Waals surface area contributed by atoms with Gasteiger partial charge >= 0.3 is 0 Å². The number of benzene rings is 3. The van der Waals surface area contributed by atoms with E-state index in [9.17, 15) is 13.2 Å². The second kappa shape index (κ2) is 11.4. The Balaban J connectivity index is 1.66. The predicted octanol–water partition coefficient (Wildman–Crippen LogP) is 4.43. The van der Waals surface area contributed by atoms with Crippen LogP contribution in [-0.2, 0) is 21.4 Å². The first-order chi connectivity index (χ1) is 16.2. The van der Waals surface area contributed by atoms with Gasteiger partial charge < -0.3 is 20.1 Å². The van der Waals surface area contributed by atoms with Gasteiger partial charge in [-0.3, -0.25) is 4.79 Å². The highest BCUT2D eigenvalue weighted by atomic mass is 79.9. The fourth-order valence-corrected chi connectivity index (χ4v) is 4.01. The third-order valence-corrected chi connectivity index (χ3v) is 6.44. The maximum atomic E-state index is 12.3. The lowest BCUT2D eigenvalue weighted by molar-refractivity contribution is -0.118. The van der Waals surface area contributed by atoms with E-state index in [1.54, 1.807) is 18.2 Å². The number of halogens is 1. The molecule has 0 spiro atoms. The molecule has 1 amide bonds. The summed E-state index contributed by atoms with van der Waals surface area (Å²) in [5.74, 6) is 0.667. The molecule has 0 aliphatic carbocycles. The summed E-state index contributed by atoms with van der Waals surface area (Å²) in [4.78, 5) is 12.3. The van der Waals surface area contributed by atoms with E-state index in [0.29, 0.717) is 30.3 Å². The van der Waals surface area contributed by atoms with E-state index in [-0.39, 0.29) is 17.4 Å². The van der Waals surface area contributed by atoms with Crippen molar-refractivity contribution in [3.05, 3.63) is 76.3 Å². The minimum Gasteiger partial charge on any atom is -0.490 e. The second-order valence-electron chi connectivity index (χ2n) is 7.45. The molecule has 0 atom stereocenters. The minimum absolute atomic E-state index is 0.0470. The number of nitrogens with one attached hydrogen (secondary N) is 2. The molecule has 0 fully saturated rings. The maximum Gasteiger partial charge on any atom is 0.262 e. The zero-order valence-electron chi connectivity index (χ0n) is 18.8. The van der Waals surface area contributed by atoms with Gasteiger partial charge in [0.15, 0.2) is 18.1 Å². The number of amides is 1. The monoisotopic (exact) mass is 547 g/mol. The van der Waals surface area contributed by atoms with Crippen LogP contribution in [0.5, 0.6) is 11.5 Å². The Morgan fingerprint density at radius 1 is 0.971 bits per heavy atom. The van der Waals surface area contributed by atoms with Crippen LogP contribution < -0.4 is 25.2 Å². The van der Waals surface area contributed by atoms with Crippen LogP contribution in [0.2, 0.25) is 0 Å². The minimum atomic E-state index is -3.74. The summed E-state index contributed by atoms with van der Waals surface area (Å²) in [7, 11) is -3.74. The van der Waals surface area contributed by atoms with E-state index < -0.39 is 10.0 Å². The van der Waals surface area contributed by atoms with Crippen molar-refractivity contribution in [3.63, 3.8) is 0 Å². The molecule has 4 N–H and O–H groups in total. The van der Waals surface area contributed by atoms with Gasteiger partial charge in [0.1, 0.15) is 0 Å². The van der Waals surface area contributed by atoms with Crippen LogP contribution >= 0.6 is 15.9 Å². The molecule has 0 aliphatic rings. The lowest BCUT2D eigenvalue weighted by Crippen LogP contribution is -2.20. The molecule has 8 nitrogen and oxygen atoms in total. The Hall–Kier alpha value is -3.08. The summed E-state index contributed by atoms with van der Waals surface area (Å²) in [5, 5.41) is 11.2. The van der Waals surface area contributed by atoms with Gasteiger partial charge in [-0.2, -0.15) is 0 Å². The fraction of sp³-hybridized carbons (Fsp3) is 0.208. The summed E-state index contributed by atoms with van der Waals surface area (Å²) in [6.45, 7) is 4.53. The number of anilines is 2. The molecule has 0 saturated carbocycles. The third kappa shape index (κ3) is 7.21. The van der Waals surface area contributed by atoms with Gasteiger partial charge in [-0.1, -0.05) is 33.6 Å². The summed E-state index contributed by atoms with van der Waals surface area (Å²) in [6, 6.07) is 17.2. The maximum absolute atomic E-state index is 12.3. The van der Waals surface area contributed by atoms with Crippen molar-refractivity contribution in [1.29, 1.82) is 0 Å². The van der Waals surface area contributed by atoms with E-state index in [0.717, 1.165) is 21.3 Å². The summed E-state index contributed by atoms with van der Waals surface area (Å²) < 4.78 is 35.0. The van der Waals surface area contributed by atoms with Crippen LogP contribution in [0, 0.1) is 6.92 Å². The van der Waals surface area contributed by atoms with Gasteiger partial charge in [0.2, 0.25) is 10.0 Å². The van der Waals surface area contributed by atoms with Crippen molar-refractivity contribution >= 4 is 43.2 Å². The van der Waals surface area contributed by atoms with Gasteiger partial charge in [-0.15, -0.1) is 0 Å². The Kier molecular flexibility index (Phi) is 8.54. The normalized spacial score (nSPS) is 11.1. The zero-order valence-corrected chi connectivity index (χ0v) is 21.2. The number of carbonyl (C=O) groups is 1. The molecule has 0 bridgehead atoms. The lowest BCUT2D eigenvalue weighted by atomic mass is 10.2. The summed E-state index contributed by atoms with van der Waals surface area (Å²) in [6.07, 6.45) is 0. The van der Waals surface area contributed by atoms with Gasteiger partial charge in [0.25, 0.3) is 5.91 Å². The molecule has 180 valence electrons. The number of sulfonamides is 1. The number of ether oxygens (including phenoxy) is 2. The fourth-order valence-electron chi connectivity index (χ4n) is 3.03. The number of hydrogen-bond acceptors (Lipinski definition) is 6. The number of nitrogens with two attached hydrogens (primary N) is 1. The quantitative estimate of drug-likeness (QED) is 0.345. The standard InChI is InChI=1S/C24H26BrN3O5S/c1-3-32-22-12-17(14-27-18-8-10-20(11-9-18)34(26,30)31)21(25)13-23(22)33-15-24(29)28-19-6-4-16(2)5-7-19/h4-13,27H,3,14-15H2,1-2H3,(H,28,29)(H2,26,30,31). The molecule has 0 aromatic heterocycles. The van der Waals surface area contributed by atoms with Crippen molar-refractivity contribution in [2.45, 2.75) is 25.3 Å². The lowest BCUT2D eigenvalue weighted by Gasteiger charge is -2.16. The average molecular weight is 548 g/mol. The van der Waals surface area contributed by atoms with Gasteiger partial charge in [-0.25, -0.2) is 13.6 Å². The number of primary sulfonamides is 1. The van der Waals surface area contributed by atoms with Crippen molar-refractivity contribution in [3.8, 4) is 11.5 Å². The van der Waals surface area contributed by atoms with E-state index in [4.69, 9.17) is 14.6 Å². The molecule has 0 aliphatic heterocycles. The molecule has 10 heteroatoms. The molecule has 3 aromatic carbocycles. The number of rotatable bonds is 10. The number of carbonyl (C=O) groups excluding carboxylic acids is 1. The van der Waals surface area contributed by atoms with Crippen LogP contribution in [-0.4, -0.2) is 27.5 Å². The second-order valence-corrected chi connectivity index (χ2v) is 9.86. The first-order valence-electron chi connectivity index (χ1n) is 10.5. The summed E-state index contributed by atoms with van der Waals surface area (Å²) in [5.41, 5.74) is 3.42. The van der Waals surface area contributed by atoms with Gasteiger partial charge in [0, 0.05) is 22.4 Å². The molecule has 0 radical (unpaired) electrons. The Morgan fingerprint density at radius 3 is 2.21 bits per heavy atom. The highest BCUT2D eigenvalue weighted by Crippen LogP contribution is 2.34. The molecular weight excluding hydrogens is 522 g/mol. The van der Waals surface area contributed by atoms with Crippen molar-refractivity contribution in [2.24, 2.45) is 5.14 Å². The molecule has 0 heterocycles. The zero-order chi connectivity index (χ0) is 24.7. The first kappa shape index (κ1) is 25.5. The SMILES string of the molecule is CCOc1cc(CNc2ccc(S(N)(=O)=O)cc2)c(Br)cc1OCC(=O)Nc1ccc(C)cc1. The molecular formula is C24H26BrN3O5S. The van der Waals surface area contributed by atoms with Crippen LogP contribution in [0.25, 0.3) is 0 Å². The molecule has 0 unspecified atom stereocenters. The predicted molar refractivity (Wildman–Crippen MR) is 136 cm³/mol. The van der Waals surface area contributed by atoms with Crippen LogP contribution in [0.1, 0.15) is 18.1 Å². The van der Waals surface area contributed by atoms with Crippen molar-refractivity contribution in [1.82, 2.24) is 0 Å². The molecule has 3 aromatic rings. The first-order valence-corrected chi connectivity index (χ1v) is 12.8. The van der Waals surface area contributed by atoms with E-state index in [1.807, 2.05) is 44.2 Å². The van der Waals surface area contributed by atoms with Crippen molar-refractivity contribution < 1.29 is 22.7 Å². The number of aryl methyl sites for hydroxylation is 1. The van der Waals surface area contributed by atoms with E-state index in [1.165, 1.54) is 12.1 Å². The van der Waals surface area contributed by atoms with Gasteiger partial charge in [0.05, 0.1) is 11.5 Å². The summed E-state index contributed by atoms with van der Waals surface area (Å²) >= 11 is 3.54.